The molecule has 3 atom stereocenters. The minimum Gasteiger partial charge on any atom is -0.480 e. The van der Waals surface area contributed by atoms with Crippen LogP contribution in [0.5, 0.6) is 0 Å². The van der Waals surface area contributed by atoms with E-state index in [1.165, 1.54) is 16.0 Å². The van der Waals surface area contributed by atoms with E-state index in [0.717, 1.165) is 19.3 Å². The lowest BCUT2D eigenvalue weighted by atomic mass is 9.95. The summed E-state index contributed by atoms with van der Waals surface area (Å²) < 4.78 is 23.5. The van der Waals surface area contributed by atoms with Gasteiger partial charge in [0.2, 0.25) is 5.91 Å². The monoisotopic (exact) mass is 349 g/mol. The number of fused-ring (bicyclic) bond motifs is 2. The zero-order valence-corrected chi connectivity index (χ0v) is 14.0. The third-order valence-electron chi connectivity index (χ3n) is 5.77. The molecule has 3 unspecified atom stereocenters. The SMILES string of the molecule is O=C(O)C1CS(=O)(=O)CCN1C(=O)C1CC12CCc1ccccc12. The van der Waals surface area contributed by atoms with Gasteiger partial charge in [-0.3, -0.25) is 4.79 Å². The number of hydrogen-bond acceptors (Lipinski definition) is 4. The molecule has 1 spiro atoms. The first-order chi connectivity index (χ1) is 11.3. The molecule has 1 N–H and O–H groups in total. The van der Waals surface area contributed by atoms with Gasteiger partial charge in [-0.25, -0.2) is 13.2 Å². The maximum Gasteiger partial charge on any atom is 0.327 e. The Morgan fingerprint density at radius 2 is 2.00 bits per heavy atom. The van der Waals surface area contributed by atoms with Gasteiger partial charge in [0.15, 0.2) is 9.84 Å². The minimum atomic E-state index is -3.40. The Morgan fingerprint density at radius 3 is 2.75 bits per heavy atom. The molecule has 1 aromatic carbocycles. The van der Waals surface area contributed by atoms with E-state index in [2.05, 4.69) is 12.1 Å². The van der Waals surface area contributed by atoms with Gasteiger partial charge in [0.25, 0.3) is 0 Å². The Morgan fingerprint density at radius 1 is 1.25 bits per heavy atom. The molecule has 7 heteroatoms. The van der Waals surface area contributed by atoms with Crippen molar-refractivity contribution in [2.75, 3.05) is 18.1 Å². The number of carboxylic acid groups (broad SMARTS) is 1. The molecule has 1 heterocycles. The van der Waals surface area contributed by atoms with Crippen LogP contribution in [0.3, 0.4) is 0 Å². The van der Waals surface area contributed by atoms with E-state index in [-0.39, 0.29) is 29.5 Å². The largest absolute Gasteiger partial charge is 0.480 e. The van der Waals surface area contributed by atoms with E-state index in [1.807, 2.05) is 12.1 Å². The van der Waals surface area contributed by atoms with E-state index in [4.69, 9.17) is 0 Å². The zero-order valence-electron chi connectivity index (χ0n) is 13.1. The first kappa shape index (κ1) is 15.6. The fourth-order valence-electron chi connectivity index (χ4n) is 4.40. The van der Waals surface area contributed by atoms with Crippen molar-refractivity contribution in [3.63, 3.8) is 0 Å². The molecule has 128 valence electrons. The van der Waals surface area contributed by atoms with Crippen molar-refractivity contribution in [1.82, 2.24) is 4.90 Å². The Hall–Kier alpha value is -1.89. The van der Waals surface area contributed by atoms with Gasteiger partial charge in [0.1, 0.15) is 6.04 Å². The lowest BCUT2D eigenvalue weighted by molar-refractivity contribution is -0.150. The fraction of sp³-hybridized carbons (Fsp3) is 0.529. The second-order valence-electron chi connectivity index (χ2n) is 7.07. The molecule has 3 aliphatic rings. The molecule has 1 aliphatic heterocycles. The summed E-state index contributed by atoms with van der Waals surface area (Å²) >= 11 is 0. The molecule has 24 heavy (non-hydrogen) atoms. The Labute approximate surface area is 140 Å². The van der Waals surface area contributed by atoms with Gasteiger partial charge < -0.3 is 10.0 Å². The van der Waals surface area contributed by atoms with Gasteiger partial charge >= 0.3 is 5.97 Å². The van der Waals surface area contributed by atoms with Crippen LogP contribution >= 0.6 is 0 Å². The summed E-state index contributed by atoms with van der Waals surface area (Å²) in [7, 11) is -3.40. The van der Waals surface area contributed by atoms with E-state index in [9.17, 15) is 23.1 Å². The van der Waals surface area contributed by atoms with Gasteiger partial charge in [-0.1, -0.05) is 24.3 Å². The number of hydrogen-bond donors (Lipinski definition) is 1. The summed E-state index contributed by atoms with van der Waals surface area (Å²) in [4.78, 5) is 25.7. The third-order valence-corrected chi connectivity index (χ3v) is 7.40. The van der Waals surface area contributed by atoms with Crippen LogP contribution in [0, 0.1) is 5.92 Å². The molecule has 1 aromatic rings. The van der Waals surface area contributed by atoms with Crippen molar-refractivity contribution < 1.29 is 23.1 Å². The smallest absolute Gasteiger partial charge is 0.327 e. The van der Waals surface area contributed by atoms with Crippen molar-refractivity contribution in [3.8, 4) is 0 Å². The molecule has 1 saturated carbocycles. The number of amides is 1. The zero-order chi connectivity index (χ0) is 17.1. The number of carbonyl (C=O) groups excluding carboxylic acids is 1. The van der Waals surface area contributed by atoms with E-state index in [0.29, 0.717) is 0 Å². The quantitative estimate of drug-likeness (QED) is 0.844. The predicted octanol–water partition coefficient (Wildman–Crippen LogP) is 0.601. The van der Waals surface area contributed by atoms with Crippen LogP contribution < -0.4 is 0 Å². The molecular formula is C17H19NO5S. The van der Waals surface area contributed by atoms with Gasteiger partial charge in [0.05, 0.1) is 11.5 Å². The molecule has 1 saturated heterocycles. The number of nitrogens with zero attached hydrogens (tertiary/aromatic N) is 1. The number of benzene rings is 1. The topological polar surface area (TPSA) is 91.8 Å². The second kappa shape index (κ2) is 5.05. The summed E-state index contributed by atoms with van der Waals surface area (Å²) in [5.74, 6) is -2.30. The van der Waals surface area contributed by atoms with Crippen LogP contribution in [-0.4, -0.2) is 54.4 Å². The number of rotatable bonds is 2. The van der Waals surface area contributed by atoms with Gasteiger partial charge in [-0.15, -0.1) is 0 Å². The summed E-state index contributed by atoms with van der Waals surface area (Å²) in [6.45, 7) is -0.0215. The average Bonchev–Trinajstić information content (AvgIpc) is 3.15. The first-order valence-corrected chi connectivity index (χ1v) is 9.98. The molecule has 2 aliphatic carbocycles. The number of aryl methyl sites for hydroxylation is 1. The highest BCUT2D eigenvalue weighted by Crippen LogP contribution is 2.62. The third kappa shape index (κ3) is 2.25. The highest BCUT2D eigenvalue weighted by molar-refractivity contribution is 7.91. The van der Waals surface area contributed by atoms with Crippen molar-refractivity contribution in [1.29, 1.82) is 0 Å². The Balaban J connectivity index is 1.59. The number of sulfone groups is 1. The van der Waals surface area contributed by atoms with Gasteiger partial charge in [-0.05, 0) is 30.4 Å². The highest BCUT2D eigenvalue weighted by atomic mass is 32.2. The van der Waals surface area contributed by atoms with E-state index in [1.54, 1.807) is 0 Å². The van der Waals surface area contributed by atoms with Crippen molar-refractivity contribution in [3.05, 3.63) is 35.4 Å². The van der Waals surface area contributed by atoms with Crippen LogP contribution in [0.1, 0.15) is 24.0 Å². The molecular weight excluding hydrogens is 330 g/mol. The molecule has 0 radical (unpaired) electrons. The van der Waals surface area contributed by atoms with Crippen LogP contribution in [-0.2, 0) is 31.3 Å². The minimum absolute atomic E-state index is 0.0215. The van der Waals surface area contributed by atoms with Crippen LogP contribution in [0.15, 0.2) is 24.3 Å². The molecule has 0 aromatic heterocycles. The van der Waals surface area contributed by atoms with Crippen LogP contribution in [0.4, 0.5) is 0 Å². The standard InChI is InChI=1S/C17H19NO5S/c19-15(18-7-8-24(22,23)10-14(18)16(20)21)13-9-17(13)6-5-11-3-1-2-4-12(11)17/h1-4,13-14H,5-10H2,(H,20,21). The maximum absolute atomic E-state index is 12.9. The summed E-state index contributed by atoms with van der Waals surface area (Å²) in [5.41, 5.74) is 2.32. The summed E-state index contributed by atoms with van der Waals surface area (Å²) in [5, 5.41) is 9.35. The normalized spacial score (nSPS) is 33.2. The molecule has 0 bridgehead atoms. The van der Waals surface area contributed by atoms with E-state index < -0.39 is 27.6 Å². The second-order valence-corrected chi connectivity index (χ2v) is 9.30. The van der Waals surface area contributed by atoms with Crippen molar-refractivity contribution >= 4 is 21.7 Å². The molecule has 6 nitrogen and oxygen atoms in total. The van der Waals surface area contributed by atoms with Gasteiger partial charge in [-0.2, -0.15) is 0 Å². The number of aliphatic carboxylic acids is 1. The molecule has 4 rings (SSSR count). The average molecular weight is 349 g/mol. The maximum atomic E-state index is 12.9. The van der Waals surface area contributed by atoms with Crippen LogP contribution in [0.25, 0.3) is 0 Å². The fourth-order valence-corrected chi connectivity index (χ4v) is 5.84. The summed E-state index contributed by atoms with van der Waals surface area (Å²) in [6, 6.07) is 6.85. The highest BCUT2D eigenvalue weighted by Gasteiger charge is 2.63. The molecule has 2 fully saturated rings. The van der Waals surface area contributed by atoms with Crippen molar-refractivity contribution in [2.24, 2.45) is 5.92 Å². The van der Waals surface area contributed by atoms with E-state index >= 15 is 0 Å². The van der Waals surface area contributed by atoms with Crippen LogP contribution in [0.2, 0.25) is 0 Å². The molecule has 1 amide bonds. The Bertz CT molecular complexity index is 833. The summed E-state index contributed by atoms with van der Waals surface area (Å²) in [6.07, 6.45) is 2.59. The first-order valence-electron chi connectivity index (χ1n) is 8.16. The lowest BCUT2D eigenvalue weighted by Crippen LogP contribution is -2.55. The number of carbonyl (C=O) groups is 2. The lowest BCUT2D eigenvalue weighted by Gasteiger charge is -2.33. The van der Waals surface area contributed by atoms with Crippen molar-refractivity contribution in [2.45, 2.75) is 30.7 Å². The number of carboxylic acids is 1. The van der Waals surface area contributed by atoms with Gasteiger partial charge in [0, 0.05) is 17.9 Å². The predicted molar refractivity (Wildman–Crippen MR) is 86.3 cm³/mol. The Kier molecular flexibility index (Phi) is 3.29.